The first kappa shape index (κ1) is 27.0. The number of aryl methyl sites for hydroxylation is 1. The molecule has 0 atom stereocenters. The molecular formula is C33H42N4O3. The predicted molar refractivity (Wildman–Crippen MR) is 155 cm³/mol. The maximum absolute atomic E-state index is 14.0. The Labute approximate surface area is 237 Å². The summed E-state index contributed by atoms with van der Waals surface area (Å²) in [4.78, 5) is 30.4. The lowest BCUT2D eigenvalue weighted by Crippen LogP contribution is -2.41. The first-order chi connectivity index (χ1) is 19.5. The Morgan fingerprint density at radius 1 is 0.975 bits per heavy atom. The minimum absolute atomic E-state index is 0.0815. The van der Waals surface area contributed by atoms with E-state index in [9.17, 15) is 4.79 Å². The molecule has 1 amide bonds. The van der Waals surface area contributed by atoms with Crippen LogP contribution in [0.1, 0.15) is 100 Å². The third kappa shape index (κ3) is 5.93. The van der Waals surface area contributed by atoms with Crippen molar-refractivity contribution < 1.29 is 13.9 Å². The number of anilines is 1. The van der Waals surface area contributed by atoms with E-state index in [0.717, 1.165) is 111 Å². The van der Waals surface area contributed by atoms with Crippen molar-refractivity contribution in [2.45, 2.75) is 89.9 Å². The number of pyridine rings is 2. The third-order valence-corrected chi connectivity index (χ3v) is 9.38. The molecular weight excluding hydrogens is 500 g/mol. The largest absolute Gasteiger partial charge is 0.495 e. The molecule has 0 bridgehead atoms. The highest BCUT2D eigenvalue weighted by Gasteiger charge is 2.33. The topological polar surface area (TPSA) is 81.4 Å². The maximum Gasteiger partial charge on any atom is 0.231 e. The van der Waals surface area contributed by atoms with Crippen LogP contribution in [0.5, 0.6) is 5.75 Å². The summed E-state index contributed by atoms with van der Waals surface area (Å²) in [5, 5.41) is 0. The number of carbonyl (C=O) groups excluding carboxylic acids is 1. The monoisotopic (exact) mass is 542 g/mol. The average Bonchev–Trinajstić information content (AvgIpc) is 3.72. The molecule has 0 aliphatic heterocycles. The summed E-state index contributed by atoms with van der Waals surface area (Å²) >= 11 is 0. The van der Waals surface area contributed by atoms with E-state index in [1.807, 2.05) is 36.2 Å². The molecule has 7 heteroatoms. The second kappa shape index (κ2) is 11.7. The highest BCUT2D eigenvalue weighted by Crippen LogP contribution is 2.41. The fraction of sp³-hybridized carbons (Fsp3) is 0.576. The Bertz CT molecular complexity index is 1320. The van der Waals surface area contributed by atoms with Gasteiger partial charge in [0.25, 0.3) is 0 Å². The van der Waals surface area contributed by atoms with Crippen LogP contribution in [0.4, 0.5) is 5.82 Å². The van der Waals surface area contributed by atoms with Crippen LogP contribution in [0, 0.1) is 24.7 Å². The summed E-state index contributed by atoms with van der Waals surface area (Å²) in [6.07, 6.45) is 14.4. The zero-order valence-electron chi connectivity index (χ0n) is 24.1. The van der Waals surface area contributed by atoms with Gasteiger partial charge in [0.1, 0.15) is 23.5 Å². The van der Waals surface area contributed by atoms with Crippen LogP contribution in [0.2, 0.25) is 0 Å². The van der Waals surface area contributed by atoms with Crippen molar-refractivity contribution >= 4 is 11.7 Å². The van der Waals surface area contributed by atoms with Crippen molar-refractivity contribution in [2.24, 2.45) is 17.8 Å². The molecule has 0 radical (unpaired) electrons. The summed E-state index contributed by atoms with van der Waals surface area (Å²) in [7, 11) is 1.69. The molecule has 0 saturated heterocycles. The van der Waals surface area contributed by atoms with Crippen molar-refractivity contribution in [1.29, 1.82) is 0 Å². The van der Waals surface area contributed by atoms with Gasteiger partial charge in [-0.05, 0) is 107 Å². The van der Waals surface area contributed by atoms with Gasteiger partial charge in [0.2, 0.25) is 5.91 Å². The van der Waals surface area contributed by atoms with E-state index in [1.165, 1.54) is 0 Å². The molecule has 0 aromatic carbocycles. The van der Waals surface area contributed by atoms with Crippen LogP contribution in [0.3, 0.4) is 0 Å². The molecule has 212 valence electrons. The maximum atomic E-state index is 14.0. The molecule has 3 aliphatic carbocycles. The molecule has 0 spiro atoms. The van der Waals surface area contributed by atoms with E-state index in [0.29, 0.717) is 23.7 Å². The van der Waals surface area contributed by atoms with Crippen LogP contribution in [-0.4, -0.2) is 34.5 Å². The van der Waals surface area contributed by atoms with Gasteiger partial charge in [0.15, 0.2) is 5.89 Å². The highest BCUT2D eigenvalue weighted by atomic mass is 16.5. The Hall–Kier alpha value is -3.22. The lowest BCUT2D eigenvalue weighted by molar-refractivity contribution is -0.123. The first-order valence-corrected chi connectivity index (χ1v) is 15.2. The number of oxazole rings is 1. The molecule has 3 aromatic heterocycles. The molecule has 3 heterocycles. The Balaban J connectivity index is 1.19. The minimum Gasteiger partial charge on any atom is -0.495 e. The molecule has 3 aliphatic rings. The van der Waals surface area contributed by atoms with Crippen LogP contribution in [-0.2, 0) is 4.79 Å². The zero-order valence-corrected chi connectivity index (χ0v) is 24.1. The highest BCUT2D eigenvalue weighted by molar-refractivity contribution is 5.94. The molecule has 0 N–H and O–H groups in total. The molecule has 3 aromatic rings. The van der Waals surface area contributed by atoms with E-state index in [4.69, 9.17) is 24.1 Å². The standard InChI is InChI=1S/C33H42N4O3/c1-21-4-8-26(9-5-21)33(38)37(31-18-27(16-17-34-31)29-20-40-32(36-29)25-12-13-25)19-23-6-10-24(11-7-23)28-14-15-30(39-3)22(2)35-28/h14-18,20-21,23-26H,4-13,19H2,1-3H3. The molecule has 40 heavy (non-hydrogen) atoms. The number of hydrogen-bond acceptors (Lipinski definition) is 6. The van der Waals surface area contributed by atoms with E-state index >= 15 is 0 Å². The van der Waals surface area contributed by atoms with Crippen molar-refractivity contribution in [3.8, 4) is 17.0 Å². The quantitative estimate of drug-likeness (QED) is 0.294. The molecule has 6 rings (SSSR count). The number of ether oxygens (including phenoxy) is 1. The van der Waals surface area contributed by atoms with Gasteiger partial charge in [-0.15, -0.1) is 0 Å². The Morgan fingerprint density at radius 2 is 1.73 bits per heavy atom. The number of hydrogen-bond donors (Lipinski definition) is 0. The van der Waals surface area contributed by atoms with Gasteiger partial charge in [-0.3, -0.25) is 14.7 Å². The summed E-state index contributed by atoms with van der Waals surface area (Å²) in [6, 6.07) is 8.16. The lowest BCUT2D eigenvalue weighted by Gasteiger charge is -2.35. The number of nitrogens with zero attached hydrogens (tertiary/aromatic N) is 4. The van der Waals surface area contributed by atoms with Crippen LogP contribution >= 0.6 is 0 Å². The van der Waals surface area contributed by atoms with Gasteiger partial charge in [0.05, 0.1) is 12.8 Å². The fourth-order valence-corrected chi connectivity index (χ4v) is 6.60. The van der Waals surface area contributed by atoms with Crippen molar-refractivity contribution in [3.05, 3.63) is 54.0 Å². The van der Waals surface area contributed by atoms with Gasteiger partial charge >= 0.3 is 0 Å². The van der Waals surface area contributed by atoms with Crippen LogP contribution < -0.4 is 9.64 Å². The third-order valence-electron chi connectivity index (χ3n) is 9.38. The number of methoxy groups -OCH3 is 1. The summed E-state index contributed by atoms with van der Waals surface area (Å²) in [5.41, 5.74) is 3.89. The second-order valence-corrected chi connectivity index (χ2v) is 12.4. The number of rotatable bonds is 8. The van der Waals surface area contributed by atoms with Gasteiger partial charge < -0.3 is 9.15 Å². The first-order valence-electron chi connectivity index (χ1n) is 15.2. The summed E-state index contributed by atoms with van der Waals surface area (Å²) < 4.78 is 11.2. The molecule has 0 unspecified atom stereocenters. The molecule has 3 fully saturated rings. The number of amides is 1. The normalized spacial score (nSPS) is 25.0. The van der Waals surface area contributed by atoms with E-state index in [1.54, 1.807) is 13.4 Å². The lowest BCUT2D eigenvalue weighted by atomic mass is 9.79. The van der Waals surface area contributed by atoms with Gasteiger partial charge in [-0.2, -0.15) is 0 Å². The van der Waals surface area contributed by atoms with Crippen molar-refractivity contribution in [3.63, 3.8) is 0 Å². The van der Waals surface area contributed by atoms with Gasteiger partial charge in [-0.1, -0.05) is 6.92 Å². The molecule has 3 saturated carbocycles. The Kier molecular flexibility index (Phi) is 7.90. The van der Waals surface area contributed by atoms with E-state index in [-0.39, 0.29) is 11.8 Å². The van der Waals surface area contributed by atoms with Crippen LogP contribution in [0.25, 0.3) is 11.3 Å². The van der Waals surface area contributed by atoms with Crippen molar-refractivity contribution in [1.82, 2.24) is 15.0 Å². The minimum atomic E-state index is 0.0815. The van der Waals surface area contributed by atoms with Crippen molar-refractivity contribution in [2.75, 3.05) is 18.6 Å². The average molecular weight is 543 g/mol. The SMILES string of the molecule is COc1ccc(C2CCC(CN(C(=O)C3CCC(C)CC3)c3cc(-c4coc(C5CC5)n4)ccn3)CC2)nc1C. The number of carbonyl (C=O) groups is 1. The Morgan fingerprint density at radius 3 is 2.42 bits per heavy atom. The smallest absolute Gasteiger partial charge is 0.231 e. The summed E-state index contributed by atoms with van der Waals surface area (Å²) in [5.74, 6) is 4.81. The van der Waals surface area contributed by atoms with Gasteiger partial charge in [-0.25, -0.2) is 9.97 Å². The van der Waals surface area contributed by atoms with Crippen LogP contribution in [0.15, 0.2) is 41.1 Å². The second-order valence-electron chi connectivity index (χ2n) is 12.4. The van der Waals surface area contributed by atoms with E-state index < -0.39 is 0 Å². The molecule has 7 nitrogen and oxygen atoms in total. The predicted octanol–water partition coefficient (Wildman–Crippen LogP) is 7.46. The number of aromatic nitrogens is 3. The zero-order chi connectivity index (χ0) is 27.6. The van der Waals surface area contributed by atoms with E-state index in [2.05, 4.69) is 13.0 Å². The fourth-order valence-electron chi connectivity index (χ4n) is 6.60. The van der Waals surface area contributed by atoms with Gasteiger partial charge in [0, 0.05) is 41.8 Å². The summed E-state index contributed by atoms with van der Waals surface area (Å²) in [6.45, 7) is 5.03.